The number of benzene rings is 1. The van der Waals surface area contributed by atoms with E-state index >= 15 is 0 Å². The number of nitrogens with zero attached hydrogens (tertiary/aromatic N) is 4. The van der Waals surface area contributed by atoms with Crippen LogP contribution in [0.15, 0.2) is 18.2 Å². The van der Waals surface area contributed by atoms with Crippen molar-refractivity contribution < 1.29 is 9.53 Å². The molecule has 0 radical (unpaired) electrons. The number of imidazole rings is 1. The number of rotatable bonds is 4. The number of hydrogen-bond acceptors (Lipinski definition) is 4. The standard InChI is InChI=1S/C16H21ClN4O2/c1-19-14-4-3-12(17)9-13(14)18-15(19)10-20-5-7-21(8-6-20)16(22)11-23-2/h3-4,9H,5-8,10-11H2,1-2H3. The minimum absolute atomic E-state index is 0.0597. The first-order valence-electron chi connectivity index (χ1n) is 7.68. The summed E-state index contributed by atoms with van der Waals surface area (Å²) >= 11 is 6.04. The van der Waals surface area contributed by atoms with Gasteiger partial charge in [-0.1, -0.05) is 11.6 Å². The van der Waals surface area contributed by atoms with Crippen molar-refractivity contribution in [2.75, 3.05) is 39.9 Å². The van der Waals surface area contributed by atoms with Crippen molar-refractivity contribution in [1.82, 2.24) is 19.4 Å². The zero-order valence-corrected chi connectivity index (χ0v) is 14.2. The summed E-state index contributed by atoms with van der Waals surface area (Å²) in [5, 5.41) is 0.701. The van der Waals surface area contributed by atoms with Crippen molar-refractivity contribution in [1.29, 1.82) is 0 Å². The van der Waals surface area contributed by atoms with Gasteiger partial charge >= 0.3 is 0 Å². The van der Waals surface area contributed by atoms with E-state index in [1.807, 2.05) is 30.1 Å². The van der Waals surface area contributed by atoms with E-state index in [1.54, 1.807) is 7.11 Å². The first-order valence-corrected chi connectivity index (χ1v) is 8.06. The van der Waals surface area contributed by atoms with E-state index in [2.05, 4.69) is 14.5 Å². The quantitative estimate of drug-likeness (QED) is 0.849. The molecule has 2 heterocycles. The predicted molar refractivity (Wildman–Crippen MR) is 89.5 cm³/mol. The maximum Gasteiger partial charge on any atom is 0.248 e. The second kappa shape index (κ2) is 6.86. The van der Waals surface area contributed by atoms with Crippen molar-refractivity contribution in [2.45, 2.75) is 6.54 Å². The van der Waals surface area contributed by atoms with Crippen LogP contribution in [0.4, 0.5) is 0 Å². The van der Waals surface area contributed by atoms with Gasteiger partial charge in [0, 0.05) is 45.4 Å². The van der Waals surface area contributed by atoms with E-state index in [1.165, 1.54) is 0 Å². The Labute approximate surface area is 140 Å². The van der Waals surface area contributed by atoms with Crippen LogP contribution in [0.1, 0.15) is 5.82 Å². The molecule has 124 valence electrons. The Kier molecular flexibility index (Phi) is 4.84. The summed E-state index contributed by atoms with van der Waals surface area (Å²) < 4.78 is 7.01. The van der Waals surface area contributed by atoms with E-state index in [0.29, 0.717) is 5.02 Å². The highest BCUT2D eigenvalue weighted by Crippen LogP contribution is 2.20. The first-order chi connectivity index (χ1) is 11.1. The van der Waals surface area contributed by atoms with Crippen LogP contribution < -0.4 is 0 Å². The van der Waals surface area contributed by atoms with Crippen LogP contribution >= 0.6 is 11.6 Å². The molecule has 1 saturated heterocycles. The SMILES string of the molecule is COCC(=O)N1CCN(Cc2nc3cc(Cl)ccc3n2C)CC1. The third kappa shape index (κ3) is 3.49. The average molecular weight is 337 g/mol. The van der Waals surface area contributed by atoms with Gasteiger partial charge in [-0.25, -0.2) is 4.98 Å². The van der Waals surface area contributed by atoms with Crippen LogP contribution in [-0.2, 0) is 23.1 Å². The number of halogens is 1. The maximum atomic E-state index is 11.8. The molecule has 1 fully saturated rings. The number of methoxy groups -OCH3 is 1. The van der Waals surface area contributed by atoms with Gasteiger partial charge in [0.1, 0.15) is 12.4 Å². The van der Waals surface area contributed by atoms with E-state index in [4.69, 9.17) is 16.3 Å². The number of aryl methyl sites for hydroxylation is 1. The minimum Gasteiger partial charge on any atom is -0.375 e. The van der Waals surface area contributed by atoms with Gasteiger partial charge in [0.05, 0.1) is 17.6 Å². The molecule has 1 amide bonds. The molecule has 0 aliphatic carbocycles. The molecule has 0 bridgehead atoms. The normalized spacial score (nSPS) is 16.2. The molecule has 0 atom stereocenters. The van der Waals surface area contributed by atoms with E-state index in [0.717, 1.165) is 49.6 Å². The van der Waals surface area contributed by atoms with Gasteiger partial charge in [0.15, 0.2) is 0 Å². The number of fused-ring (bicyclic) bond motifs is 1. The summed E-state index contributed by atoms with van der Waals surface area (Å²) in [4.78, 5) is 20.7. The fraction of sp³-hybridized carbons (Fsp3) is 0.500. The molecular formula is C16H21ClN4O2. The Hall–Kier alpha value is -1.63. The molecule has 23 heavy (non-hydrogen) atoms. The van der Waals surface area contributed by atoms with Crippen LogP contribution in [-0.4, -0.2) is 65.2 Å². The molecule has 1 aliphatic heterocycles. The molecule has 2 aromatic rings. The first kappa shape index (κ1) is 16.2. The van der Waals surface area contributed by atoms with Crippen molar-refractivity contribution in [3.05, 3.63) is 29.0 Å². The van der Waals surface area contributed by atoms with E-state index in [-0.39, 0.29) is 12.5 Å². The third-order valence-electron chi connectivity index (χ3n) is 4.29. The second-order valence-electron chi connectivity index (χ2n) is 5.81. The van der Waals surface area contributed by atoms with Gasteiger partial charge < -0.3 is 14.2 Å². The van der Waals surface area contributed by atoms with Crippen LogP contribution in [0.5, 0.6) is 0 Å². The maximum absolute atomic E-state index is 11.8. The molecule has 0 saturated carbocycles. The molecular weight excluding hydrogens is 316 g/mol. The monoisotopic (exact) mass is 336 g/mol. The minimum atomic E-state index is 0.0597. The number of aromatic nitrogens is 2. The zero-order chi connectivity index (χ0) is 16.4. The number of ether oxygens (including phenoxy) is 1. The topological polar surface area (TPSA) is 50.6 Å². The van der Waals surface area contributed by atoms with Crippen molar-refractivity contribution in [3.63, 3.8) is 0 Å². The molecule has 1 aromatic heterocycles. The molecule has 0 spiro atoms. The van der Waals surface area contributed by atoms with Crippen molar-refractivity contribution in [2.24, 2.45) is 7.05 Å². The Bertz CT molecular complexity index is 707. The largest absolute Gasteiger partial charge is 0.375 e. The summed E-state index contributed by atoms with van der Waals surface area (Å²) in [6, 6.07) is 5.77. The smallest absolute Gasteiger partial charge is 0.248 e. The third-order valence-corrected chi connectivity index (χ3v) is 4.53. The van der Waals surface area contributed by atoms with E-state index < -0.39 is 0 Å². The summed E-state index contributed by atoms with van der Waals surface area (Å²) in [6.07, 6.45) is 0. The lowest BCUT2D eigenvalue weighted by Gasteiger charge is -2.34. The second-order valence-corrected chi connectivity index (χ2v) is 6.25. The Morgan fingerprint density at radius 1 is 1.30 bits per heavy atom. The molecule has 1 aliphatic rings. The molecule has 0 N–H and O–H groups in total. The molecule has 7 heteroatoms. The van der Waals surface area contributed by atoms with Gasteiger partial charge in [-0.05, 0) is 18.2 Å². The Morgan fingerprint density at radius 3 is 2.74 bits per heavy atom. The summed E-state index contributed by atoms with van der Waals surface area (Å²) in [5.74, 6) is 1.07. The predicted octanol–water partition coefficient (Wildman–Crippen LogP) is 1.52. The van der Waals surface area contributed by atoms with Gasteiger partial charge in [-0.15, -0.1) is 0 Å². The molecule has 6 nitrogen and oxygen atoms in total. The highest BCUT2D eigenvalue weighted by Gasteiger charge is 2.22. The number of amides is 1. The van der Waals surface area contributed by atoms with Crippen molar-refractivity contribution >= 4 is 28.5 Å². The molecule has 0 unspecified atom stereocenters. The lowest BCUT2D eigenvalue weighted by Crippen LogP contribution is -2.49. The van der Waals surface area contributed by atoms with Gasteiger partial charge in [0.25, 0.3) is 0 Å². The average Bonchev–Trinajstić information content (AvgIpc) is 2.83. The van der Waals surface area contributed by atoms with Gasteiger partial charge in [0.2, 0.25) is 5.91 Å². The van der Waals surface area contributed by atoms with Gasteiger partial charge in [-0.3, -0.25) is 9.69 Å². The summed E-state index contributed by atoms with van der Waals surface area (Å²) in [7, 11) is 3.57. The van der Waals surface area contributed by atoms with Crippen molar-refractivity contribution in [3.8, 4) is 0 Å². The van der Waals surface area contributed by atoms with Gasteiger partial charge in [-0.2, -0.15) is 0 Å². The summed E-state index contributed by atoms with van der Waals surface area (Å²) in [5.41, 5.74) is 2.00. The fourth-order valence-electron chi connectivity index (χ4n) is 2.93. The Balaban J connectivity index is 1.65. The highest BCUT2D eigenvalue weighted by atomic mass is 35.5. The number of piperazine rings is 1. The number of carbonyl (C=O) groups excluding carboxylic acids is 1. The fourth-order valence-corrected chi connectivity index (χ4v) is 3.10. The van der Waals surface area contributed by atoms with E-state index in [9.17, 15) is 4.79 Å². The Morgan fingerprint density at radius 2 is 2.04 bits per heavy atom. The van der Waals surface area contributed by atoms with Crippen LogP contribution in [0, 0.1) is 0 Å². The lowest BCUT2D eigenvalue weighted by molar-refractivity contribution is -0.136. The highest BCUT2D eigenvalue weighted by molar-refractivity contribution is 6.31. The zero-order valence-electron chi connectivity index (χ0n) is 13.5. The van der Waals surface area contributed by atoms with Crippen LogP contribution in [0.2, 0.25) is 5.02 Å². The summed E-state index contributed by atoms with van der Waals surface area (Å²) in [6.45, 7) is 4.09. The molecule has 1 aromatic carbocycles. The van der Waals surface area contributed by atoms with Crippen LogP contribution in [0.3, 0.4) is 0 Å². The number of hydrogen-bond donors (Lipinski definition) is 0. The van der Waals surface area contributed by atoms with Crippen LogP contribution in [0.25, 0.3) is 11.0 Å². The molecule has 3 rings (SSSR count). The number of carbonyl (C=O) groups is 1. The lowest BCUT2D eigenvalue weighted by atomic mass is 10.3.